The van der Waals surface area contributed by atoms with Gasteiger partial charge in [0.2, 0.25) is 0 Å². The Morgan fingerprint density at radius 3 is 2.39 bits per heavy atom. The fraction of sp³-hybridized carbons (Fsp3) is 0.360. The summed E-state index contributed by atoms with van der Waals surface area (Å²) in [6.45, 7) is 2.48. The van der Waals surface area contributed by atoms with Crippen LogP contribution in [-0.2, 0) is 14.3 Å². The van der Waals surface area contributed by atoms with Gasteiger partial charge in [0.05, 0.1) is 32.9 Å². The first-order valence-electron chi connectivity index (χ1n) is 10.5. The van der Waals surface area contributed by atoms with E-state index in [-0.39, 0.29) is 17.9 Å². The van der Waals surface area contributed by atoms with E-state index in [9.17, 15) is 14.7 Å². The molecule has 1 atom stereocenters. The Balaban J connectivity index is 2.24. The number of hydrogen-bond acceptors (Lipinski definition) is 7. The quantitative estimate of drug-likeness (QED) is 0.268. The molecule has 8 nitrogen and oxygen atoms in total. The molecule has 3 rings (SSSR count). The fourth-order valence-electron chi connectivity index (χ4n) is 4.11. The molecule has 1 aliphatic rings. The van der Waals surface area contributed by atoms with Crippen LogP contribution in [0.25, 0.3) is 5.76 Å². The molecule has 176 valence electrons. The molecule has 33 heavy (non-hydrogen) atoms. The van der Waals surface area contributed by atoms with Gasteiger partial charge in [0.25, 0.3) is 11.7 Å². The number of benzene rings is 2. The van der Waals surface area contributed by atoms with Crippen molar-refractivity contribution < 1.29 is 33.6 Å². The number of likely N-dealkylation sites (tertiary alicyclic amines) is 1. The minimum atomic E-state index is -0.853. The van der Waals surface area contributed by atoms with E-state index < -0.39 is 17.7 Å². The molecule has 0 aromatic heterocycles. The topological polar surface area (TPSA) is 94.5 Å². The fourth-order valence-corrected chi connectivity index (χ4v) is 4.11. The molecule has 1 fully saturated rings. The van der Waals surface area contributed by atoms with Crippen molar-refractivity contribution in [3.8, 4) is 17.2 Å². The number of aliphatic hydroxyl groups is 1. The van der Waals surface area contributed by atoms with Gasteiger partial charge in [-0.15, -0.1) is 0 Å². The molecule has 0 saturated carbocycles. The number of nitrogens with zero attached hydrogens (tertiary/aromatic N) is 1. The second-order valence-electron chi connectivity index (χ2n) is 7.60. The van der Waals surface area contributed by atoms with Crippen LogP contribution in [0.4, 0.5) is 0 Å². The normalized spacial score (nSPS) is 17.4. The van der Waals surface area contributed by atoms with Crippen LogP contribution in [0.1, 0.15) is 29.2 Å². The monoisotopic (exact) mass is 455 g/mol. The Kier molecular flexibility index (Phi) is 7.60. The Bertz CT molecular complexity index is 1080. The lowest BCUT2D eigenvalue weighted by Crippen LogP contribution is -2.31. The third-order valence-electron chi connectivity index (χ3n) is 5.70. The highest BCUT2D eigenvalue weighted by Gasteiger charge is 2.47. The van der Waals surface area contributed by atoms with Gasteiger partial charge in [0.15, 0.2) is 11.5 Å². The molecule has 0 radical (unpaired) electrons. The zero-order chi connectivity index (χ0) is 24.1. The number of aliphatic hydroxyl groups excluding tert-OH is 1. The summed E-state index contributed by atoms with van der Waals surface area (Å²) in [5, 5.41) is 11.3. The zero-order valence-electron chi connectivity index (χ0n) is 19.5. The summed E-state index contributed by atoms with van der Waals surface area (Å²) in [5.41, 5.74) is 1.68. The van der Waals surface area contributed by atoms with Gasteiger partial charge < -0.3 is 29.0 Å². The highest BCUT2D eigenvalue weighted by molar-refractivity contribution is 6.46. The highest BCUT2D eigenvalue weighted by Crippen LogP contribution is 2.45. The average molecular weight is 456 g/mol. The number of amides is 1. The number of rotatable bonds is 9. The van der Waals surface area contributed by atoms with Crippen LogP contribution in [-0.4, -0.2) is 63.3 Å². The molecule has 2 aromatic carbocycles. The van der Waals surface area contributed by atoms with E-state index in [1.807, 2.05) is 0 Å². The summed E-state index contributed by atoms with van der Waals surface area (Å²) in [6.07, 6.45) is 0.522. The number of hydrogen-bond donors (Lipinski definition) is 1. The van der Waals surface area contributed by atoms with Crippen LogP contribution in [0.15, 0.2) is 42.0 Å². The first-order valence-corrected chi connectivity index (χ1v) is 10.5. The van der Waals surface area contributed by atoms with Crippen LogP contribution in [0.3, 0.4) is 0 Å². The predicted molar refractivity (Wildman–Crippen MR) is 123 cm³/mol. The van der Waals surface area contributed by atoms with Gasteiger partial charge in [-0.05, 0) is 43.2 Å². The maximum Gasteiger partial charge on any atom is 0.295 e. The highest BCUT2D eigenvalue weighted by atomic mass is 16.5. The van der Waals surface area contributed by atoms with E-state index in [1.165, 1.54) is 19.1 Å². The second-order valence-corrected chi connectivity index (χ2v) is 7.60. The van der Waals surface area contributed by atoms with Gasteiger partial charge in [0.1, 0.15) is 11.5 Å². The third kappa shape index (κ3) is 4.52. The smallest absolute Gasteiger partial charge is 0.295 e. The number of ketones is 1. The minimum absolute atomic E-state index is 0.00256. The Morgan fingerprint density at radius 1 is 1.03 bits per heavy atom. The van der Waals surface area contributed by atoms with Crippen LogP contribution in [0.5, 0.6) is 17.2 Å². The number of carbonyl (C=O) groups excluding carboxylic acids is 2. The van der Waals surface area contributed by atoms with Gasteiger partial charge >= 0.3 is 0 Å². The standard InChI is InChI=1S/C25H29NO7/c1-15-14-16(31-3)10-11-17(15)22(27)20-21(18-8-6-9-19(32-4)24(18)33-5)26(12-7-13-30-2)25(29)23(20)28/h6,8-11,14,21,27H,7,12-13H2,1-5H3/t21-/m1/s1. The van der Waals surface area contributed by atoms with Gasteiger partial charge in [0, 0.05) is 31.4 Å². The van der Waals surface area contributed by atoms with Crippen LogP contribution in [0, 0.1) is 6.92 Å². The van der Waals surface area contributed by atoms with Crippen LogP contribution in [0.2, 0.25) is 0 Å². The predicted octanol–water partition coefficient (Wildman–Crippen LogP) is 3.48. The molecule has 1 amide bonds. The summed E-state index contributed by atoms with van der Waals surface area (Å²) in [7, 11) is 6.13. The van der Waals surface area contributed by atoms with Crippen molar-refractivity contribution in [1.82, 2.24) is 4.90 Å². The van der Waals surface area contributed by atoms with Crippen molar-refractivity contribution in [3.05, 3.63) is 58.7 Å². The largest absolute Gasteiger partial charge is 0.507 e. The molecule has 2 aromatic rings. The lowest BCUT2D eigenvalue weighted by molar-refractivity contribution is -0.140. The number of carbonyl (C=O) groups is 2. The molecule has 1 heterocycles. The molecule has 1 saturated heterocycles. The number of aryl methyl sites for hydroxylation is 1. The Hall–Kier alpha value is -3.52. The van der Waals surface area contributed by atoms with E-state index in [0.717, 1.165) is 0 Å². The van der Waals surface area contributed by atoms with Crippen molar-refractivity contribution in [1.29, 1.82) is 0 Å². The van der Waals surface area contributed by atoms with Crippen molar-refractivity contribution in [3.63, 3.8) is 0 Å². The summed E-state index contributed by atoms with van der Waals surface area (Å²) in [5.74, 6) is -0.226. The van der Waals surface area contributed by atoms with E-state index in [1.54, 1.807) is 57.5 Å². The van der Waals surface area contributed by atoms with Gasteiger partial charge in [-0.25, -0.2) is 0 Å². The summed E-state index contributed by atoms with van der Waals surface area (Å²) in [4.78, 5) is 27.7. The van der Waals surface area contributed by atoms with Crippen molar-refractivity contribution in [2.24, 2.45) is 0 Å². The molecule has 1 aliphatic heterocycles. The Morgan fingerprint density at radius 2 is 1.79 bits per heavy atom. The van der Waals surface area contributed by atoms with E-state index in [0.29, 0.717) is 47.0 Å². The molecule has 8 heteroatoms. The van der Waals surface area contributed by atoms with Crippen molar-refractivity contribution >= 4 is 17.4 Å². The first-order chi connectivity index (χ1) is 15.9. The van der Waals surface area contributed by atoms with Crippen molar-refractivity contribution in [2.75, 3.05) is 41.6 Å². The molecular weight excluding hydrogens is 426 g/mol. The van der Waals surface area contributed by atoms with Gasteiger partial charge in [-0.1, -0.05) is 12.1 Å². The Labute approximate surface area is 193 Å². The van der Waals surface area contributed by atoms with Crippen molar-refractivity contribution in [2.45, 2.75) is 19.4 Å². The van der Waals surface area contributed by atoms with Gasteiger partial charge in [-0.3, -0.25) is 9.59 Å². The SMILES string of the molecule is COCCCN1C(=O)C(=O)C(=C(O)c2ccc(OC)cc2C)[C@H]1c1cccc(OC)c1OC. The number of para-hydroxylation sites is 1. The van der Waals surface area contributed by atoms with E-state index in [4.69, 9.17) is 18.9 Å². The lowest BCUT2D eigenvalue weighted by atomic mass is 9.93. The maximum atomic E-state index is 13.2. The summed E-state index contributed by atoms with van der Waals surface area (Å²) >= 11 is 0. The average Bonchev–Trinajstić information content (AvgIpc) is 3.07. The van der Waals surface area contributed by atoms with E-state index in [2.05, 4.69) is 0 Å². The molecule has 1 N–H and O–H groups in total. The van der Waals surface area contributed by atoms with Crippen LogP contribution >= 0.6 is 0 Å². The third-order valence-corrected chi connectivity index (χ3v) is 5.70. The van der Waals surface area contributed by atoms with Gasteiger partial charge in [-0.2, -0.15) is 0 Å². The second kappa shape index (κ2) is 10.4. The summed E-state index contributed by atoms with van der Waals surface area (Å²) < 4.78 is 21.4. The minimum Gasteiger partial charge on any atom is -0.507 e. The molecule has 0 bridgehead atoms. The van der Waals surface area contributed by atoms with Crippen LogP contribution < -0.4 is 14.2 Å². The number of Topliss-reactive ketones (excluding diaryl/α,β-unsaturated/α-hetero) is 1. The summed E-state index contributed by atoms with van der Waals surface area (Å²) in [6, 6.07) is 9.51. The molecule has 0 aliphatic carbocycles. The number of methoxy groups -OCH3 is 4. The lowest BCUT2D eigenvalue weighted by Gasteiger charge is -2.27. The molecule has 0 unspecified atom stereocenters. The first kappa shape index (κ1) is 24.1. The number of ether oxygens (including phenoxy) is 4. The molecular formula is C25H29NO7. The maximum absolute atomic E-state index is 13.2. The van der Waals surface area contributed by atoms with E-state index >= 15 is 0 Å². The molecule has 0 spiro atoms. The zero-order valence-corrected chi connectivity index (χ0v) is 19.5.